The molecule has 110 valence electrons. The molecule has 0 amide bonds. The fraction of sp³-hybridized carbons (Fsp3) is 0.353. The van der Waals surface area contributed by atoms with E-state index in [0.29, 0.717) is 6.42 Å². The van der Waals surface area contributed by atoms with E-state index < -0.39 is 5.79 Å². The highest BCUT2D eigenvalue weighted by Gasteiger charge is 2.33. The fourth-order valence-electron chi connectivity index (χ4n) is 2.77. The van der Waals surface area contributed by atoms with E-state index in [0.717, 1.165) is 22.4 Å². The monoisotopic (exact) mass is 287 g/mol. The average Bonchev–Trinajstić information content (AvgIpc) is 2.39. The predicted molar refractivity (Wildman–Crippen MR) is 77.7 cm³/mol. The number of hydrogen-bond acceptors (Lipinski definition) is 3. The minimum atomic E-state index is -0.650. The van der Waals surface area contributed by atoms with Gasteiger partial charge < -0.3 is 9.47 Å². The van der Waals surface area contributed by atoms with Crippen LogP contribution in [0.3, 0.4) is 0 Å². The molecule has 2 heterocycles. The van der Waals surface area contributed by atoms with E-state index in [1.165, 1.54) is 12.1 Å². The van der Waals surface area contributed by atoms with Gasteiger partial charge in [-0.1, -0.05) is 12.1 Å². The summed E-state index contributed by atoms with van der Waals surface area (Å²) in [6, 6.07) is 6.51. The number of rotatable bonds is 2. The molecule has 0 saturated heterocycles. The summed E-state index contributed by atoms with van der Waals surface area (Å²) in [5, 5.41) is 0. The smallest absolute Gasteiger partial charge is 0.205 e. The number of fused-ring (bicyclic) bond motifs is 1. The number of halogens is 1. The van der Waals surface area contributed by atoms with E-state index >= 15 is 0 Å². The van der Waals surface area contributed by atoms with Crippen LogP contribution in [0.1, 0.15) is 43.6 Å². The van der Waals surface area contributed by atoms with Gasteiger partial charge in [0.1, 0.15) is 11.6 Å². The SMILES string of the molecule is CC1OC(C)(C)Oc2cncc(Cc3ccc(F)cc3)c21. The first kappa shape index (κ1) is 14.0. The van der Waals surface area contributed by atoms with Crippen molar-refractivity contribution in [2.75, 3.05) is 0 Å². The molecule has 1 aromatic carbocycles. The summed E-state index contributed by atoms with van der Waals surface area (Å²) >= 11 is 0. The molecule has 0 bridgehead atoms. The number of pyridine rings is 1. The van der Waals surface area contributed by atoms with Crippen LogP contribution in [0.25, 0.3) is 0 Å². The third-order valence-corrected chi connectivity index (χ3v) is 3.56. The van der Waals surface area contributed by atoms with Crippen LogP contribution in [-0.2, 0) is 11.2 Å². The summed E-state index contributed by atoms with van der Waals surface area (Å²) in [4.78, 5) is 4.26. The lowest BCUT2D eigenvalue weighted by molar-refractivity contribution is -0.202. The van der Waals surface area contributed by atoms with E-state index in [4.69, 9.17) is 9.47 Å². The van der Waals surface area contributed by atoms with Crippen LogP contribution in [0, 0.1) is 5.82 Å². The van der Waals surface area contributed by atoms with Gasteiger partial charge in [-0.05, 0) is 36.6 Å². The van der Waals surface area contributed by atoms with Gasteiger partial charge in [-0.25, -0.2) is 4.39 Å². The third-order valence-electron chi connectivity index (χ3n) is 3.56. The van der Waals surface area contributed by atoms with Gasteiger partial charge in [0.15, 0.2) is 0 Å². The maximum Gasteiger partial charge on any atom is 0.205 e. The summed E-state index contributed by atoms with van der Waals surface area (Å²) in [6.07, 6.45) is 4.16. The summed E-state index contributed by atoms with van der Waals surface area (Å²) in [7, 11) is 0. The normalized spacial score (nSPS) is 19.7. The maximum atomic E-state index is 13.0. The Hall–Kier alpha value is -1.94. The van der Waals surface area contributed by atoms with Gasteiger partial charge in [-0.3, -0.25) is 4.98 Å². The van der Waals surface area contributed by atoms with Gasteiger partial charge in [-0.2, -0.15) is 0 Å². The number of benzene rings is 1. The molecule has 3 rings (SSSR count). The highest BCUT2D eigenvalue weighted by Crippen LogP contribution is 2.40. The lowest BCUT2D eigenvalue weighted by Crippen LogP contribution is -2.37. The predicted octanol–water partition coefficient (Wildman–Crippen LogP) is 4.02. The van der Waals surface area contributed by atoms with Gasteiger partial charge in [0.25, 0.3) is 0 Å². The van der Waals surface area contributed by atoms with Crippen molar-refractivity contribution >= 4 is 0 Å². The molecule has 0 aliphatic carbocycles. The molecular formula is C17H18FNO2. The van der Waals surface area contributed by atoms with E-state index in [1.807, 2.05) is 27.0 Å². The molecule has 1 aliphatic heterocycles. The molecule has 0 N–H and O–H groups in total. The quantitative estimate of drug-likeness (QED) is 0.836. The van der Waals surface area contributed by atoms with Crippen LogP contribution >= 0.6 is 0 Å². The topological polar surface area (TPSA) is 31.4 Å². The van der Waals surface area contributed by atoms with Gasteiger partial charge in [-0.15, -0.1) is 0 Å². The van der Waals surface area contributed by atoms with Crippen LogP contribution in [0.5, 0.6) is 5.75 Å². The number of aromatic nitrogens is 1. The number of hydrogen-bond donors (Lipinski definition) is 0. The second-order valence-corrected chi connectivity index (χ2v) is 5.78. The molecule has 2 aromatic rings. The zero-order valence-electron chi connectivity index (χ0n) is 12.4. The van der Waals surface area contributed by atoms with Crippen molar-refractivity contribution in [2.24, 2.45) is 0 Å². The van der Waals surface area contributed by atoms with Crippen molar-refractivity contribution in [3.8, 4) is 5.75 Å². The summed E-state index contributed by atoms with van der Waals surface area (Å²) in [5.74, 6) is -0.116. The summed E-state index contributed by atoms with van der Waals surface area (Å²) in [6.45, 7) is 5.79. The Morgan fingerprint density at radius 2 is 1.90 bits per heavy atom. The number of nitrogens with zero attached hydrogens (tertiary/aromatic N) is 1. The van der Waals surface area contributed by atoms with Crippen molar-refractivity contribution < 1.29 is 13.9 Å². The van der Waals surface area contributed by atoms with Gasteiger partial charge in [0, 0.05) is 25.6 Å². The highest BCUT2D eigenvalue weighted by molar-refractivity contribution is 5.42. The Bertz CT molecular complexity index is 652. The van der Waals surface area contributed by atoms with Crippen molar-refractivity contribution in [2.45, 2.75) is 39.1 Å². The Morgan fingerprint density at radius 3 is 2.62 bits per heavy atom. The largest absolute Gasteiger partial charge is 0.461 e. The van der Waals surface area contributed by atoms with Crippen molar-refractivity contribution in [1.82, 2.24) is 4.98 Å². The maximum absolute atomic E-state index is 13.0. The first-order valence-corrected chi connectivity index (χ1v) is 7.03. The van der Waals surface area contributed by atoms with Gasteiger partial charge in [0.2, 0.25) is 5.79 Å². The van der Waals surface area contributed by atoms with E-state index in [-0.39, 0.29) is 11.9 Å². The molecule has 0 saturated carbocycles. The minimum Gasteiger partial charge on any atom is -0.461 e. The van der Waals surface area contributed by atoms with E-state index in [2.05, 4.69) is 4.98 Å². The molecule has 0 radical (unpaired) electrons. The highest BCUT2D eigenvalue weighted by atomic mass is 19.1. The molecule has 0 fully saturated rings. The van der Waals surface area contributed by atoms with Crippen LogP contribution in [-0.4, -0.2) is 10.8 Å². The number of ether oxygens (including phenoxy) is 2. The zero-order chi connectivity index (χ0) is 15.0. The van der Waals surface area contributed by atoms with Gasteiger partial charge in [0.05, 0.1) is 12.3 Å². The molecule has 1 aliphatic rings. The summed E-state index contributed by atoms with van der Waals surface area (Å²) in [5.41, 5.74) is 3.10. The van der Waals surface area contributed by atoms with Crippen LogP contribution < -0.4 is 4.74 Å². The van der Waals surface area contributed by atoms with Crippen molar-refractivity contribution in [3.05, 3.63) is 59.2 Å². The fourth-order valence-corrected chi connectivity index (χ4v) is 2.77. The molecule has 21 heavy (non-hydrogen) atoms. The lowest BCUT2D eigenvalue weighted by Gasteiger charge is -2.37. The lowest BCUT2D eigenvalue weighted by atomic mass is 9.97. The van der Waals surface area contributed by atoms with E-state index in [9.17, 15) is 4.39 Å². The molecule has 3 nitrogen and oxygen atoms in total. The third kappa shape index (κ3) is 2.90. The molecule has 0 spiro atoms. The van der Waals surface area contributed by atoms with Crippen LogP contribution in [0.4, 0.5) is 4.39 Å². The van der Waals surface area contributed by atoms with Crippen LogP contribution in [0.2, 0.25) is 0 Å². The Morgan fingerprint density at radius 1 is 1.19 bits per heavy atom. The Kier molecular flexibility index (Phi) is 3.41. The second kappa shape index (κ2) is 5.11. The Labute approximate surface area is 123 Å². The van der Waals surface area contributed by atoms with Gasteiger partial charge >= 0.3 is 0 Å². The minimum absolute atomic E-state index is 0.0674. The van der Waals surface area contributed by atoms with Crippen molar-refractivity contribution in [1.29, 1.82) is 0 Å². The zero-order valence-corrected chi connectivity index (χ0v) is 12.4. The Balaban J connectivity index is 1.96. The average molecular weight is 287 g/mol. The van der Waals surface area contributed by atoms with Crippen LogP contribution in [0.15, 0.2) is 36.7 Å². The van der Waals surface area contributed by atoms with Crippen molar-refractivity contribution in [3.63, 3.8) is 0 Å². The summed E-state index contributed by atoms with van der Waals surface area (Å²) < 4.78 is 24.7. The molecular weight excluding hydrogens is 269 g/mol. The van der Waals surface area contributed by atoms with E-state index in [1.54, 1.807) is 18.3 Å². The molecule has 4 heteroatoms. The molecule has 1 atom stereocenters. The first-order chi connectivity index (χ1) is 9.94. The second-order valence-electron chi connectivity index (χ2n) is 5.78. The first-order valence-electron chi connectivity index (χ1n) is 7.03. The standard InChI is InChI=1S/C17H18FNO2/c1-11-16-13(8-12-4-6-14(18)7-5-12)9-19-10-15(16)21-17(2,3)20-11/h4-7,9-11H,8H2,1-3H3. The molecule has 1 unspecified atom stereocenters. The molecule has 1 aromatic heterocycles.